The van der Waals surface area contributed by atoms with Crippen LogP contribution in [0.1, 0.15) is 59.8 Å². The van der Waals surface area contributed by atoms with E-state index in [2.05, 4.69) is 27.7 Å². The van der Waals surface area contributed by atoms with Gasteiger partial charge < -0.3 is 0 Å². The first kappa shape index (κ1) is 12.1. The zero-order valence-electron chi connectivity index (χ0n) is 11.3. The summed E-state index contributed by atoms with van der Waals surface area (Å²) in [6, 6.07) is 0. The number of carbonyl (C=O) groups is 1. The summed E-state index contributed by atoms with van der Waals surface area (Å²) in [4.78, 5) is 11.9. The minimum atomic E-state index is 0.308. The molecule has 0 amide bonds. The van der Waals surface area contributed by atoms with Crippen molar-refractivity contribution in [3.63, 3.8) is 0 Å². The van der Waals surface area contributed by atoms with Crippen molar-refractivity contribution in [1.29, 1.82) is 0 Å². The first-order valence-electron chi connectivity index (χ1n) is 6.94. The molecular formula is C15H26O. The van der Waals surface area contributed by atoms with Crippen LogP contribution in [0.4, 0.5) is 0 Å². The van der Waals surface area contributed by atoms with Crippen molar-refractivity contribution in [3.8, 4) is 0 Å². The van der Waals surface area contributed by atoms with Crippen LogP contribution < -0.4 is 0 Å². The van der Waals surface area contributed by atoms with Crippen molar-refractivity contribution in [2.24, 2.45) is 29.1 Å². The van der Waals surface area contributed by atoms with Crippen LogP contribution in [0.2, 0.25) is 0 Å². The Balaban J connectivity index is 2.09. The van der Waals surface area contributed by atoms with Gasteiger partial charge >= 0.3 is 0 Å². The van der Waals surface area contributed by atoms with Crippen molar-refractivity contribution in [3.05, 3.63) is 0 Å². The Morgan fingerprint density at radius 1 is 1.12 bits per heavy atom. The predicted octanol–water partition coefficient (Wildman–Crippen LogP) is 4.06. The molecule has 4 atom stereocenters. The lowest BCUT2D eigenvalue weighted by Gasteiger charge is -2.54. The second-order valence-electron chi connectivity index (χ2n) is 6.92. The van der Waals surface area contributed by atoms with E-state index in [-0.39, 0.29) is 0 Å². The molecule has 1 nitrogen and oxygen atoms in total. The summed E-state index contributed by atoms with van der Waals surface area (Å²) in [5.41, 5.74) is 0.534. The molecule has 0 saturated heterocycles. The molecule has 0 spiro atoms. The van der Waals surface area contributed by atoms with E-state index < -0.39 is 0 Å². The SMILES string of the molecule is C[C@@H]1CCC(=O)[C@@H](C)CC[C@@H]2[C@@H]1CC2(C)C. The summed E-state index contributed by atoms with van der Waals surface area (Å²) in [6.45, 7) is 9.30. The van der Waals surface area contributed by atoms with Crippen molar-refractivity contribution < 1.29 is 4.79 Å². The molecule has 16 heavy (non-hydrogen) atoms. The molecule has 0 aromatic heterocycles. The monoisotopic (exact) mass is 222 g/mol. The van der Waals surface area contributed by atoms with Crippen LogP contribution in [0.15, 0.2) is 0 Å². The van der Waals surface area contributed by atoms with Crippen molar-refractivity contribution >= 4 is 5.78 Å². The van der Waals surface area contributed by atoms with E-state index in [0.717, 1.165) is 37.0 Å². The highest BCUT2D eigenvalue weighted by molar-refractivity contribution is 5.80. The van der Waals surface area contributed by atoms with Gasteiger partial charge in [-0.05, 0) is 48.9 Å². The van der Waals surface area contributed by atoms with E-state index in [9.17, 15) is 4.79 Å². The maximum atomic E-state index is 11.9. The fourth-order valence-corrected chi connectivity index (χ4v) is 3.94. The molecule has 0 aliphatic heterocycles. The summed E-state index contributed by atoms with van der Waals surface area (Å²) in [6.07, 6.45) is 5.72. The predicted molar refractivity (Wildman–Crippen MR) is 67.2 cm³/mol. The van der Waals surface area contributed by atoms with Crippen LogP contribution in [0.25, 0.3) is 0 Å². The average Bonchev–Trinajstić information content (AvgIpc) is 2.24. The van der Waals surface area contributed by atoms with Gasteiger partial charge in [-0.15, -0.1) is 0 Å². The fourth-order valence-electron chi connectivity index (χ4n) is 3.94. The number of carbonyl (C=O) groups excluding carboxylic acids is 1. The highest BCUT2D eigenvalue weighted by Crippen LogP contribution is 2.57. The van der Waals surface area contributed by atoms with Gasteiger partial charge in [0.25, 0.3) is 0 Å². The average molecular weight is 222 g/mol. The highest BCUT2D eigenvalue weighted by atomic mass is 16.1. The number of ketones is 1. The lowest BCUT2D eigenvalue weighted by Crippen LogP contribution is -2.46. The molecule has 2 aliphatic carbocycles. The molecule has 0 aromatic carbocycles. The smallest absolute Gasteiger partial charge is 0.135 e. The molecule has 2 saturated carbocycles. The maximum Gasteiger partial charge on any atom is 0.135 e. The number of hydrogen-bond donors (Lipinski definition) is 0. The lowest BCUT2D eigenvalue weighted by atomic mass is 9.51. The van der Waals surface area contributed by atoms with E-state index in [0.29, 0.717) is 17.1 Å². The van der Waals surface area contributed by atoms with Crippen LogP contribution in [0.5, 0.6) is 0 Å². The normalized spacial score (nSPS) is 43.6. The van der Waals surface area contributed by atoms with E-state index in [1.807, 2.05) is 0 Å². The second kappa shape index (κ2) is 4.16. The number of Topliss-reactive ketones (excluding diaryl/α,β-unsaturated/α-hetero) is 1. The first-order chi connectivity index (χ1) is 7.42. The van der Waals surface area contributed by atoms with Gasteiger partial charge in [-0.25, -0.2) is 0 Å². The molecule has 2 aliphatic rings. The van der Waals surface area contributed by atoms with E-state index in [1.54, 1.807) is 0 Å². The van der Waals surface area contributed by atoms with Crippen molar-refractivity contribution in [2.75, 3.05) is 0 Å². The van der Waals surface area contributed by atoms with Gasteiger partial charge in [0.1, 0.15) is 5.78 Å². The van der Waals surface area contributed by atoms with E-state index in [4.69, 9.17) is 0 Å². The Morgan fingerprint density at radius 2 is 1.81 bits per heavy atom. The van der Waals surface area contributed by atoms with Gasteiger partial charge in [0.05, 0.1) is 0 Å². The van der Waals surface area contributed by atoms with Gasteiger partial charge in [-0.3, -0.25) is 4.79 Å². The summed E-state index contributed by atoms with van der Waals surface area (Å²) in [5, 5.41) is 0. The highest BCUT2D eigenvalue weighted by Gasteiger charge is 2.48. The molecule has 0 aromatic rings. The maximum absolute atomic E-state index is 11.9. The Hall–Kier alpha value is -0.330. The molecule has 1 heteroatoms. The Morgan fingerprint density at radius 3 is 2.44 bits per heavy atom. The van der Waals surface area contributed by atoms with E-state index >= 15 is 0 Å². The van der Waals surface area contributed by atoms with Crippen LogP contribution in [0, 0.1) is 29.1 Å². The Labute approximate surface area is 100.0 Å². The summed E-state index contributed by atoms with van der Waals surface area (Å²) in [7, 11) is 0. The Bertz CT molecular complexity index is 279. The second-order valence-corrected chi connectivity index (χ2v) is 6.92. The van der Waals surface area contributed by atoms with Gasteiger partial charge in [0.2, 0.25) is 0 Å². The van der Waals surface area contributed by atoms with Crippen LogP contribution in [0.3, 0.4) is 0 Å². The topological polar surface area (TPSA) is 17.1 Å². The summed E-state index contributed by atoms with van der Waals surface area (Å²) < 4.78 is 0. The molecule has 0 heterocycles. The number of rotatable bonds is 0. The zero-order valence-corrected chi connectivity index (χ0v) is 11.3. The quantitative estimate of drug-likeness (QED) is 0.604. The fraction of sp³-hybridized carbons (Fsp3) is 0.933. The molecule has 0 unspecified atom stereocenters. The zero-order chi connectivity index (χ0) is 11.9. The lowest BCUT2D eigenvalue weighted by molar-refractivity contribution is -0.122. The van der Waals surface area contributed by atoms with Crippen LogP contribution >= 0.6 is 0 Å². The third-order valence-electron chi connectivity index (χ3n) is 5.32. The molecule has 92 valence electrons. The third kappa shape index (κ3) is 2.06. The molecular weight excluding hydrogens is 196 g/mol. The summed E-state index contributed by atoms with van der Waals surface area (Å²) >= 11 is 0. The van der Waals surface area contributed by atoms with Gasteiger partial charge in [-0.2, -0.15) is 0 Å². The number of fused-ring (bicyclic) bond motifs is 1. The van der Waals surface area contributed by atoms with Crippen molar-refractivity contribution in [1.82, 2.24) is 0 Å². The van der Waals surface area contributed by atoms with Gasteiger partial charge in [-0.1, -0.05) is 27.7 Å². The van der Waals surface area contributed by atoms with Gasteiger partial charge in [0.15, 0.2) is 0 Å². The van der Waals surface area contributed by atoms with Crippen molar-refractivity contribution in [2.45, 2.75) is 59.8 Å². The minimum Gasteiger partial charge on any atom is -0.299 e. The number of hydrogen-bond acceptors (Lipinski definition) is 1. The third-order valence-corrected chi connectivity index (χ3v) is 5.32. The van der Waals surface area contributed by atoms with Gasteiger partial charge in [0, 0.05) is 12.3 Å². The molecule has 2 rings (SSSR count). The first-order valence-corrected chi connectivity index (χ1v) is 6.94. The molecule has 0 bridgehead atoms. The van der Waals surface area contributed by atoms with E-state index in [1.165, 1.54) is 12.8 Å². The summed E-state index contributed by atoms with van der Waals surface area (Å²) in [5.74, 6) is 3.34. The van der Waals surface area contributed by atoms with Crippen LogP contribution in [-0.4, -0.2) is 5.78 Å². The van der Waals surface area contributed by atoms with Crippen LogP contribution in [-0.2, 0) is 4.79 Å². The Kier molecular flexibility index (Phi) is 3.16. The molecule has 0 N–H and O–H groups in total. The molecule has 2 fully saturated rings. The largest absolute Gasteiger partial charge is 0.299 e. The minimum absolute atomic E-state index is 0.308. The standard InChI is InChI=1S/C15H26O/c1-10-6-8-14(16)11(2)5-7-13-12(10)9-15(13,3)4/h10-13H,5-9H2,1-4H3/t10-,11+,12-,13-/m1/s1. The molecule has 0 radical (unpaired) electrons.